The number of pyridine rings is 1. The number of carbonyl (C=O) groups excluding carboxylic acids is 1. The second kappa shape index (κ2) is 7.33. The molecule has 0 aliphatic carbocycles. The van der Waals surface area contributed by atoms with E-state index >= 15 is 0 Å². The van der Waals surface area contributed by atoms with Gasteiger partial charge in [0.05, 0.1) is 0 Å². The molecule has 5 nitrogen and oxygen atoms in total. The Morgan fingerprint density at radius 3 is 3.09 bits per heavy atom. The fourth-order valence-electron chi connectivity index (χ4n) is 2.55. The van der Waals surface area contributed by atoms with E-state index in [-0.39, 0.29) is 6.03 Å². The van der Waals surface area contributed by atoms with E-state index in [0.29, 0.717) is 23.7 Å². The zero-order chi connectivity index (χ0) is 16.1. The Balaban J connectivity index is 1.48. The molecule has 3 N–H and O–H groups in total. The van der Waals surface area contributed by atoms with Gasteiger partial charge in [0, 0.05) is 35.9 Å². The van der Waals surface area contributed by atoms with Crippen LogP contribution in [0, 0.1) is 0 Å². The molecule has 0 atom stereocenters. The number of aryl methyl sites for hydroxylation is 1. The van der Waals surface area contributed by atoms with Crippen molar-refractivity contribution in [2.75, 3.05) is 23.7 Å². The molecule has 2 aromatic rings. The SMILES string of the molecule is O=C(NCCc1ccc2c(n1)NCCC2)Nc1cccc(Cl)c1. The zero-order valence-electron chi connectivity index (χ0n) is 12.7. The molecule has 120 valence electrons. The number of carbonyl (C=O) groups is 1. The predicted octanol–water partition coefficient (Wildman–Crippen LogP) is 3.46. The number of anilines is 2. The lowest BCUT2D eigenvalue weighted by molar-refractivity contribution is 0.252. The van der Waals surface area contributed by atoms with E-state index in [2.05, 4.69) is 27.0 Å². The minimum atomic E-state index is -0.247. The van der Waals surface area contributed by atoms with Crippen molar-refractivity contribution in [3.8, 4) is 0 Å². The maximum Gasteiger partial charge on any atom is 0.319 e. The van der Waals surface area contributed by atoms with Gasteiger partial charge in [0.15, 0.2) is 0 Å². The van der Waals surface area contributed by atoms with Gasteiger partial charge in [-0.15, -0.1) is 0 Å². The zero-order valence-corrected chi connectivity index (χ0v) is 13.5. The summed E-state index contributed by atoms with van der Waals surface area (Å²) >= 11 is 5.88. The van der Waals surface area contributed by atoms with Crippen LogP contribution >= 0.6 is 11.6 Å². The molecule has 1 aliphatic heterocycles. The van der Waals surface area contributed by atoms with Crippen molar-refractivity contribution < 1.29 is 4.79 Å². The average Bonchev–Trinajstić information content (AvgIpc) is 2.55. The molecule has 1 aromatic heterocycles. The minimum absolute atomic E-state index is 0.247. The molecule has 0 spiro atoms. The summed E-state index contributed by atoms with van der Waals surface area (Å²) in [6.45, 7) is 1.50. The van der Waals surface area contributed by atoms with Crippen LogP contribution in [0.2, 0.25) is 5.02 Å². The second-order valence-electron chi connectivity index (χ2n) is 5.48. The molecule has 0 saturated carbocycles. The summed E-state index contributed by atoms with van der Waals surface area (Å²) in [6, 6.07) is 11.0. The van der Waals surface area contributed by atoms with Crippen molar-refractivity contribution in [1.29, 1.82) is 0 Å². The van der Waals surface area contributed by atoms with Gasteiger partial charge in [-0.3, -0.25) is 0 Å². The van der Waals surface area contributed by atoms with Crippen LogP contribution in [0.1, 0.15) is 17.7 Å². The minimum Gasteiger partial charge on any atom is -0.370 e. The molecule has 0 radical (unpaired) electrons. The molecular formula is C17H19ClN4O. The van der Waals surface area contributed by atoms with E-state index in [1.54, 1.807) is 24.3 Å². The molecular weight excluding hydrogens is 312 g/mol. The van der Waals surface area contributed by atoms with E-state index in [9.17, 15) is 4.79 Å². The highest BCUT2D eigenvalue weighted by Crippen LogP contribution is 2.19. The van der Waals surface area contributed by atoms with Crippen LogP contribution in [0.25, 0.3) is 0 Å². The Morgan fingerprint density at radius 1 is 1.30 bits per heavy atom. The van der Waals surface area contributed by atoms with Crippen molar-refractivity contribution in [2.24, 2.45) is 0 Å². The van der Waals surface area contributed by atoms with Crippen molar-refractivity contribution in [3.05, 3.63) is 52.7 Å². The first kappa shape index (κ1) is 15.6. The van der Waals surface area contributed by atoms with Gasteiger partial charge < -0.3 is 16.0 Å². The summed E-state index contributed by atoms with van der Waals surface area (Å²) in [5.74, 6) is 0.983. The van der Waals surface area contributed by atoms with Crippen LogP contribution in [0.4, 0.5) is 16.3 Å². The van der Waals surface area contributed by atoms with Crippen LogP contribution < -0.4 is 16.0 Å². The van der Waals surface area contributed by atoms with E-state index < -0.39 is 0 Å². The lowest BCUT2D eigenvalue weighted by Gasteiger charge is -2.17. The monoisotopic (exact) mass is 330 g/mol. The molecule has 3 rings (SSSR count). The van der Waals surface area contributed by atoms with Gasteiger partial charge in [0.25, 0.3) is 0 Å². The van der Waals surface area contributed by atoms with E-state index in [0.717, 1.165) is 30.9 Å². The summed E-state index contributed by atoms with van der Waals surface area (Å²) in [5, 5.41) is 9.49. The first-order valence-electron chi connectivity index (χ1n) is 7.74. The van der Waals surface area contributed by atoms with Crippen LogP contribution in [0.15, 0.2) is 36.4 Å². The molecule has 0 saturated heterocycles. The van der Waals surface area contributed by atoms with E-state index in [1.165, 1.54) is 5.56 Å². The molecule has 6 heteroatoms. The Bertz CT molecular complexity index is 705. The van der Waals surface area contributed by atoms with Crippen molar-refractivity contribution >= 4 is 29.1 Å². The van der Waals surface area contributed by atoms with E-state index in [4.69, 9.17) is 11.6 Å². The van der Waals surface area contributed by atoms with Gasteiger partial charge in [0.2, 0.25) is 0 Å². The molecule has 0 bridgehead atoms. The number of hydrogen-bond donors (Lipinski definition) is 3. The maximum absolute atomic E-state index is 11.8. The fourth-order valence-corrected chi connectivity index (χ4v) is 2.74. The van der Waals surface area contributed by atoms with E-state index in [1.807, 2.05) is 6.07 Å². The summed E-state index contributed by atoms with van der Waals surface area (Å²) in [5.41, 5.74) is 2.92. The third kappa shape index (κ3) is 4.36. The Kier molecular flexibility index (Phi) is 4.98. The highest BCUT2D eigenvalue weighted by Gasteiger charge is 2.10. The van der Waals surface area contributed by atoms with Gasteiger partial charge in [-0.25, -0.2) is 9.78 Å². The number of nitrogens with zero attached hydrogens (tertiary/aromatic N) is 1. The number of fused-ring (bicyclic) bond motifs is 1. The molecule has 0 fully saturated rings. The molecule has 1 aromatic carbocycles. The number of halogens is 1. The second-order valence-corrected chi connectivity index (χ2v) is 5.92. The standard InChI is InChI=1S/C17H19ClN4O/c18-13-4-1-5-15(11-13)22-17(23)20-10-8-14-7-6-12-3-2-9-19-16(12)21-14/h1,4-7,11H,2-3,8-10H2,(H,19,21)(H2,20,22,23). The highest BCUT2D eigenvalue weighted by molar-refractivity contribution is 6.30. The molecule has 0 unspecified atom stereocenters. The Hall–Kier alpha value is -2.27. The van der Waals surface area contributed by atoms with Crippen molar-refractivity contribution in [1.82, 2.24) is 10.3 Å². The van der Waals surface area contributed by atoms with Gasteiger partial charge in [-0.1, -0.05) is 23.7 Å². The number of benzene rings is 1. The number of nitrogens with one attached hydrogen (secondary N) is 3. The largest absolute Gasteiger partial charge is 0.370 e. The van der Waals surface area contributed by atoms with Gasteiger partial charge in [0.1, 0.15) is 5.82 Å². The number of hydrogen-bond acceptors (Lipinski definition) is 3. The van der Waals surface area contributed by atoms with Crippen LogP contribution in [-0.2, 0) is 12.8 Å². The third-order valence-electron chi connectivity index (χ3n) is 3.70. The Morgan fingerprint density at radius 2 is 2.22 bits per heavy atom. The number of aromatic nitrogens is 1. The van der Waals surface area contributed by atoms with Crippen LogP contribution in [-0.4, -0.2) is 24.1 Å². The summed E-state index contributed by atoms with van der Waals surface area (Å²) in [7, 11) is 0. The maximum atomic E-state index is 11.8. The molecule has 2 heterocycles. The first-order chi connectivity index (χ1) is 11.2. The topological polar surface area (TPSA) is 66.0 Å². The quantitative estimate of drug-likeness (QED) is 0.804. The summed E-state index contributed by atoms with van der Waals surface area (Å²) in [4.78, 5) is 16.5. The molecule has 23 heavy (non-hydrogen) atoms. The summed E-state index contributed by atoms with van der Waals surface area (Å²) < 4.78 is 0. The fraction of sp³-hybridized carbons (Fsp3) is 0.294. The van der Waals surface area contributed by atoms with Gasteiger partial charge in [-0.2, -0.15) is 0 Å². The lowest BCUT2D eigenvalue weighted by Crippen LogP contribution is -2.30. The molecule has 2 amide bonds. The smallest absolute Gasteiger partial charge is 0.319 e. The molecule has 1 aliphatic rings. The number of urea groups is 1. The van der Waals surface area contributed by atoms with Crippen LogP contribution in [0.5, 0.6) is 0 Å². The van der Waals surface area contributed by atoms with Crippen LogP contribution in [0.3, 0.4) is 0 Å². The average molecular weight is 331 g/mol. The van der Waals surface area contributed by atoms with Gasteiger partial charge >= 0.3 is 6.03 Å². The normalized spacial score (nSPS) is 12.9. The Labute approximate surface area is 140 Å². The lowest BCUT2D eigenvalue weighted by atomic mass is 10.1. The number of amides is 2. The number of rotatable bonds is 4. The predicted molar refractivity (Wildman–Crippen MR) is 93.2 cm³/mol. The van der Waals surface area contributed by atoms with Gasteiger partial charge in [-0.05, 0) is 42.7 Å². The first-order valence-corrected chi connectivity index (χ1v) is 8.11. The van der Waals surface area contributed by atoms with Crippen molar-refractivity contribution in [3.63, 3.8) is 0 Å². The highest BCUT2D eigenvalue weighted by atomic mass is 35.5. The summed E-state index contributed by atoms with van der Waals surface area (Å²) in [6.07, 6.45) is 2.92. The third-order valence-corrected chi connectivity index (χ3v) is 3.94. The van der Waals surface area contributed by atoms with Crippen molar-refractivity contribution in [2.45, 2.75) is 19.3 Å².